The molecule has 0 bridgehead atoms. The van der Waals surface area contributed by atoms with Crippen molar-refractivity contribution in [3.8, 4) is 0 Å². The number of hydrogen-bond acceptors (Lipinski definition) is 1. The average molecular weight is 156 g/mol. The van der Waals surface area contributed by atoms with Crippen molar-refractivity contribution in [1.29, 1.82) is 0 Å². The van der Waals surface area contributed by atoms with Crippen LogP contribution in [0.25, 0.3) is 0 Å². The van der Waals surface area contributed by atoms with Gasteiger partial charge in [0.15, 0.2) is 0 Å². The first kappa shape index (κ1) is 9.63. The van der Waals surface area contributed by atoms with Gasteiger partial charge in [0.2, 0.25) is 0 Å². The molecule has 0 aromatic rings. The highest BCUT2D eigenvalue weighted by Gasteiger charge is 2.21. The Morgan fingerprint density at radius 2 is 1.60 bits per heavy atom. The van der Waals surface area contributed by atoms with Crippen LogP contribution in [0.3, 0.4) is 0 Å². The number of carbonyl (C=O) groups is 1. The molecule has 0 aliphatic heterocycles. The smallest absolute Gasteiger partial charge is 0.132 e. The topological polar surface area (TPSA) is 17.1 Å². The van der Waals surface area contributed by atoms with Crippen LogP contribution in [0.5, 0.6) is 0 Å². The van der Waals surface area contributed by atoms with Gasteiger partial charge >= 0.3 is 0 Å². The summed E-state index contributed by atoms with van der Waals surface area (Å²) in [4.78, 5) is 11.3. The van der Waals surface area contributed by atoms with Crippen LogP contribution in [0.4, 0.5) is 0 Å². The van der Waals surface area contributed by atoms with Crippen LogP contribution in [-0.4, -0.2) is 13.5 Å². The molecule has 0 unspecified atom stereocenters. The highest BCUT2D eigenvalue weighted by Crippen LogP contribution is 2.04. The Kier molecular flexibility index (Phi) is 3.03. The maximum atomic E-state index is 11.3. The number of carbonyl (C=O) groups excluding carboxylic acids is 1. The fourth-order valence-electron chi connectivity index (χ4n) is 0.479. The predicted octanol–water partition coefficient (Wildman–Crippen LogP) is 2.40. The summed E-state index contributed by atoms with van der Waals surface area (Å²) in [6.45, 7) is 10.1. The summed E-state index contributed by atoms with van der Waals surface area (Å²) in [5, 5.41) is 0.340. The molecular weight excluding hydrogens is 140 g/mol. The van der Waals surface area contributed by atoms with E-state index in [9.17, 15) is 4.79 Å². The van der Waals surface area contributed by atoms with Gasteiger partial charge in [0, 0.05) is 0 Å². The summed E-state index contributed by atoms with van der Waals surface area (Å²) >= 11 is 0. The zero-order chi connectivity index (χ0) is 8.36. The van der Waals surface area contributed by atoms with Gasteiger partial charge in [0.1, 0.15) is 13.5 Å². The Hall–Kier alpha value is -0.373. The Morgan fingerprint density at radius 3 is 1.70 bits per heavy atom. The van der Waals surface area contributed by atoms with Crippen molar-refractivity contribution in [2.75, 3.05) is 0 Å². The maximum absolute atomic E-state index is 11.3. The van der Waals surface area contributed by atoms with Crippen LogP contribution in [-0.2, 0) is 4.79 Å². The maximum Gasteiger partial charge on any atom is 0.132 e. The quantitative estimate of drug-likeness (QED) is 0.443. The van der Waals surface area contributed by atoms with Crippen LogP contribution < -0.4 is 0 Å². The zero-order valence-corrected chi connectivity index (χ0v) is 8.49. The second-order valence-electron chi connectivity index (χ2n) is 3.84. The van der Waals surface area contributed by atoms with E-state index in [0.717, 1.165) is 5.57 Å². The van der Waals surface area contributed by atoms with E-state index >= 15 is 0 Å². The van der Waals surface area contributed by atoms with Crippen LogP contribution in [0.15, 0.2) is 11.6 Å². The van der Waals surface area contributed by atoms with Gasteiger partial charge in [-0.15, -0.1) is 0 Å². The molecule has 0 saturated carbocycles. The Bertz CT molecular complexity index is 159. The van der Waals surface area contributed by atoms with Gasteiger partial charge in [-0.05, 0) is 19.9 Å². The molecule has 0 aromatic carbocycles. The highest BCUT2D eigenvalue weighted by atomic mass is 28.3. The first-order chi connectivity index (χ1) is 4.34. The van der Waals surface area contributed by atoms with Gasteiger partial charge < -0.3 is 4.79 Å². The number of hydrogen-bond donors (Lipinski definition) is 0. The molecule has 0 amide bonds. The predicted molar refractivity (Wildman–Crippen MR) is 47.8 cm³/mol. The number of allylic oxidation sites excluding steroid dienone is 2. The van der Waals surface area contributed by atoms with E-state index < -0.39 is 8.07 Å². The van der Waals surface area contributed by atoms with Crippen molar-refractivity contribution >= 4 is 13.5 Å². The summed E-state index contributed by atoms with van der Waals surface area (Å²) in [5.41, 5.74) is 1.10. The first-order valence-electron chi connectivity index (χ1n) is 3.53. The lowest BCUT2D eigenvalue weighted by Gasteiger charge is -2.10. The molecule has 0 N–H and O–H groups in total. The highest BCUT2D eigenvalue weighted by molar-refractivity contribution is 7.04. The molecule has 0 spiro atoms. The van der Waals surface area contributed by atoms with Gasteiger partial charge in [-0.3, -0.25) is 0 Å². The molecule has 2 heteroatoms. The van der Waals surface area contributed by atoms with Crippen LogP contribution >= 0.6 is 0 Å². The van der Waals surface area contributed by atoms with Gasteiger partial charge in [0.05, 0.1) is 0 Å². The minimum atomic E-state index is -1.54. The molecule has 0 saturated heterocycles. The van der Waals surface area contributed by atoms with Crippen molar-refractivity contribution in [3.63, 3.8) is 0 Å². The molecule has 0 fully saturated rings. The molecule has 0 heterocycles. The SMILES string of the molecule is CC(C)=CC(=O)[Si](C)(C)C. The standard InChI is InChI=1S/C8H16OSi/c1-7(2)6-8(9)10(3,4)5/h6H,1-5H3. The fourth-order valence-corrected chi connectivity index (χ4v) is 1.20. The van der Waals surface area contributed by atoms with Crippen molar-refractivity contribution in [1.82, 2.24) is 0 Å². The van der Waals surface area contributed by atoms with E-state index in [-0.39, 0.29) is 0 Å². The monoisotopic (exact) mass is 156 g/mol. The van der Waals surface area contributed by atoms with E-state index in [1.165, 1.54) is 0 Å². The van der Waals surface area contributed by atoms with E-state index in [1.807, 2.05) is 13.8 Å². The third-order valence-electron chi connectivity index (χ3n) is 1.16. The normalized spacial score (nSPS) is 10.9. The molecule has 0 atom stereocenters. The molecule has 10 heavy (non-hydrogen) atoms. The van der Waals surface area contributed by atoms with Crippen LogP contribution in [0.2, 0.25) is 19.6 Å². The minimum Gasteiger partial charge on any atom is -0.301 e. The molecule has 1 nitrogen and oxygen atoms in total. The second kappa shape index (κ2) is 3.15. The lowest BCUT2D eigenvalue weighted by Crippen LogP contribution is -2.31. The van der Waals surface area contributed by atoms with E-state index in [4.69, 9.17) is 0 Å². The van der Waals surface area contributed by atoms with E-state index in [0.29, 0.717) is 5.41 Å². The van der Waals surface area contributed by atoms with E-state index in [1.54, 1.807) is 6.08 Å². The van der Waals surface area contributed by atoms with Crippen LogP contribution in [0, 0.1) is 0 Å². The second-order valence-corrected chi connectivity index (χ2v) is 8.83. The summed E-state index contributed by atoms with van der Waals surface area (Å²) in [5.74, 6) is 0. The lowest BCUT2D eigenvalue weighted by molar-refractivity contribution is -0.108. The average Bonchev–Trinajstić information content (AvgIpc) is 1.60. The van der Waals surface area contributed by atoms with Crippen molar-refractivity contribution < 1.29 is 4.79 Å². The number of rotatable bonds is 2. The summed E-state index contributed by atoms with van der Waals surface area (Å²) in [7, 11) is -1.54. The lowest BCUT2D eigenvalue weighted by atomic mass is 10.3. The molecule has 58 valence electrons. The van der Waals surface area contributed by atoms with Crippen LogP contribution in [0.1, 0.15) is 13.8 Å². The summed E-state index contributed by atoms with van der Waals surface area (Å²) < 4.78 is 0. The minimum absolute atomic E-state index is 0.340. The van der Waals surface area contributed by atoms with Gasteiger partial charge in [-0.1, -0.05) is 25.2 Å². The van der Waals surface area contributed by atoms with Gasteiger partial charge in [0.25, 0.3) is 0 Å². The molecular formula is C8H16OSi. The Labute approximate surface area is 64.1 Å². The third kappa shape index (κ3) is 3.61. The van der Waals surface area contributed by atoms with E-state index in [2.05, 4.69) is 19.6 Å². The molecule has 0 aliphatic carbocycles. The van der Waals surface area contributed by atoms with Crippen molar-refractivity contribution in [2.24, 2.45) is 0 Å². The third-order valence-corrected chi connectivity index (χ3v) is 2.78. The Balaban J connectivity index is 4.27. The summed E-state index contributed by atoms with van der Waals surface area (Å²) in [6, 6.07) is 0. The molecule has 0 aromatic heterocycles. The molecule has 0 rings (SSSR count). The zero-order valence-electron chi connectivity index (χ0n) is 7.49. The van der Waals surface area contributed by atoms with Gasteiger partial charge in [-0.2, -0.15) is 0 Å². The van der Waals surface area contributed by atoms with Crippen molar-refractivity contribution in [2.45, 2.75) is 33.5 Å². The fraction of sp³-hybridized carbons (Fsp3) is 0.625. The Morgan fingerprint density at radius 1 is 1.20 bits per heavy atom. The molecule has 0 radical (unpaired) electrons. The summed E-state index contributed by atoms with van der Waals surface area (Å²) in [6.07, 6.45) is 1.76. The van der Waals surface area contributed by atoms with Crippen molar-refractivity contribution in [3.05, 3.63) is 11.6 Å². The van der Waals surface area contributed by atoms with Gasteiger partial charge in [-0.25, -0.2) is 0 Å². The largest absolute Gasteiger partial charge is 0.301 e. The molecule has 0 aliphatic rings. The first-order valence-corrected chi connectivity index (χ1v) is 7.03.